The minimum absolute atomic E-state index is 0.314. The van der Waals surface area contributed by atoms with Crippen molar-refractivity contribution < 1.29 is 23.8 Å². The number of rotatable bonds is 3. The second-order valence-electron chi connectivity index (χ2n) is 6.24. The van der Waals surface area contributed by atoms with Crippen LogP contribution < -0.4 is 4.74 Å². The van der Waals surface area contributed by atoms with Gasteiger partial charge in [0.05, 0.1) is 20.3 Å². The molecule has 0 aromatic carbocycles. The smallest absolute Gasteiger partial charge is 0.410 e. The van der Waals surface area contributed by atoms with E-state index < -0.39 is 5.60 Å². The third-order valence-electron chi connectivity index (χ3n) is 3.33. The third-order valence-corrected chi connectivity index (χ3v) is 4.50. The summed E-state index contributed by atoms with van der Waals surface area (Å²) in [5.41, 5.74) is 0.459. The summed E-state index contributed by atoms with van der Waals surface area (Å²) in [6, 6.07) is 0. The van der Waals surface area contributed by atoms with Crippen LogP contribution in [0, 0.1) is 0 Å². The second kappa shape index (κ2) is 9.08. The second-order valence-corrected chi connectivity index (χ2v) is 7.34. The van der Waals surface area contributed by atoms with E-state index in [2.05, 4.69) is 0 Å². The zero-order valence-corrected chi connectivity index (χ0v) is 17.0. The number of fused-ring (bicyclic) bond motifs is 1. The SMILES string of the molecule is CC.CCOC(=O)c1sc2c(c1OC)CCN(C(=O)OC(C)(C)C)C2. The van der Waals surface area contributed by atoms with Gasteiger partial charge in [-0.05, 0) is 34.1 Å². The molecule has 0 saturated carbocycles. The van der Waals surface area contributed by atoms with Gasteiger partial charge in [0.1, 0.15) is 11.4 Å². The number of amides is 1. The van der Waals surface area contributed by atoms with E-state index in [1.165, 1.54) is 11.3 Å². The first-order valence-corrected chi connectivity index (χ1v) is 9.42. The fourth-order valence-electron chi connectivity index (χ4n) is 2.40. The minimum atomic E-state index is -0.527. The molecule has 0 unspecified atom stereocenters. The number of nitrogens with zero attached hydrogens (tertiary/aromatic N) is 1. The lowest BCUT2D eigenvalue weighted by atomic mass is 10.1. The number of esters is 1. The Morgan fingerprint density at radius 2 is 1.88 bits per heavy atom. The summed E-state index contributed by atoms with van der Waals surface area (Å²) in [5, 5.41) is 0. The van der Waals surface area contributed by atoms with Crippen molar-refractivity contribution in [3.63, 3.8) is 0 Å². The molecule has 1 amide bonds. The molecule has 2 rings (SSSR count). The summed E-state index contributed by atoms with van der Waals surface area (Å²) in [4.78, 5) is 27.3. The molecular weight excluding hydrogens is 342 g/mol. The Hall–Kier alpha value is -1.76. The number of carbonyl (C=O) groups is 2. The molecule has 1 aliphatic rings. The molecule has 0 bridgehead atoms. The highest BCUT2D eigenvalue weighted by Crippen LogP contribution is 2.39. The number of thiophene rings is 1. The zero-order chi connectivity index (χ0) is 19.2. The molecule has 1 aromatic heterocycles. The van der Waals surface area contributed by atoms with E-state index in [0.717, 1.165) is 10.4 Å². The first-order valence-electron chi connectivity index (χ1n) is 8.60. The summed E-state index contributed by atoms with van der Waals surface area (Å²) in [7, 11) is 1.55. The van der Waals surface area contributed by atoms with Gasteiger partial charge in [0.25, 0.3) is 0 Å². The van der Waals surface area contributed by atoms with Crippen LogP contribution >= 0.6 is 11.3 Å². The monoisotopic (exact) mass is 371 g/mol. The van der Waals surface area contributed by atoms with Crippen molar-refractivity contribution in [1.29, 1.82) is 0 Å². The van der Waals surface area contributed by atoms with Crippen LogP contribution in [0.25, 0.3) is 0 Å². The largest absolute Gasteiger partial charge is 0.495 e. The van der Waals surface area contributed by atoms with Crippen LogP contribution in [0.2, 0.25) is 0 Å². The van der Waals surface area contributed by atoms with Crippen LogP contribution in [-0.2, 0) is 22.4 Å². The molecule has 7 heteroatoms. The number of carbonyl (C=O) groups excluding carboxylic acids is 2. The van der Waals surface area contributed by atoms with E-state index in [4.69, 9.17) is 14.2 Å². The standard InChI is InChI=1S/C16H23NO5S.C2H6/c1-6-21-14(18)13-12(20-5)10-7-8-17(9-11(10)23-13)15(19)22-16(2,3)4;1-2/h6-9H2,1-5H3;1-2H3. The Bertz CT molecular complexity index is 603. The molecular formula is C18H29NO5S. The molecule has 0 atom stereocenters. The van der Waals surface area contributed by atoms with Gasteiger partial charge in [-0.25, -0.2) is 9.59 Å². The lowest BCUT2D eigenvalue weighted by molar-refractivity contribution is 0.0225. The first-order chi connectivity index (χ1) is 11.8. The minimum Gasteiger partial charge on any atom is -0.495 e. The Balaban J connectivity index is 0.00000151. The van der Waals surface area contributed by atoms with Gasteiger partial charge in [-0.15, -0.1) is 11.3 Å². The molecule has 1 aromatic rings. The van der Waals surface area contributed by atoms with Crippen molar-refractivity contribution in [2.75, 3.05) is 20.3 Å². The quantitative estimate of drug-likeness (QED) is 0.743. The normalized spacial score (nSPS) is 13.3. The van der Waals surface area contributed by atoms with E-state index in [1.807, 2.05) is 34.6 Å². The molecule has 0 saturated heterocycles. The highest BCUT2D eigenvalue weighted by atomic mass is 32.1. The predicted octanol–water partition coefficient (Wildman–Crippen LogP) is 4.25. The molecule has 2 heterocycles. The van der Waals surface area contributed by atoms with Gasteiger partial charge >= 0.3 is 12.1 Å². The third kappa shape index (κ3) is 5.36. The van der Waals surface area contributed by atoms with E-state index >= 15 is 0 Å². The molecule has 6 nitrogen and oxygen atoms in total. The van der Waals surface area contributed by atoms with E-state index in [1.54, 1.807) is 18.9 Å². The average Bonchev–Trinajstić information content (AvgIpc) is 2.93. The van der Waals surface area contributed by atoms with Gasteiger partial charge in [-0.2, -0.15) is 0 Å². The van der Waals surface area contributed by atoms with E-state index in [-0.39, 0.29) is 12.1 Å². The maximum absolute atomic E-state index is 12.2. The van der Waals surface area contributed by atoms with Gasteiger partial charge in [-0.1, -0.05) is 13.8 Å². The molecule has 142 valence electrons. The van der Waals surface area contributed by atoms with Gasteiger partial charge < -0.3 is 19.1 Å². The number of hydrogen-bond donors (Lipinski definition) is 0. The molecule has 0 spiro atoms. The van der Waals surface area contributed by atoms with Gasteiger partial charge in [0.15, 0.2) is 4.88 Å². The summed E-state index contributed by atoms with van der Waals surface area (Å²) in [6.45, 7) is 12.6. The summed E-state index contributed by atoms with van der Waals surface area (Å²) < 4.78 is 15.9. The Labute approximate surface area is 154 Å². The predicted molar refractivity (Wildman–Crippen MR) is 98.5 cm³/mol. The molecule has 0 aliphatic carbocycles. The molecule has 0 N–H and O–H groups in total. The van der Waals surface area contributed by atoms with Gasteiger partial charge in [0, 0.05) is 17.0 Å². The lowest BCUT2D eigenvalue weighted by Gasteiger charge is -2.30. The van der Waals surface area contributed by atoms with Crippen LogP contribution in [0.4, 0.5) is 4.79 Å². The Kier molecular flexibility index (Phi) is 7.73. The lowest BCUT2D eigenvalue weighted by Crippen LogP contribution is -2.39. The van der Waals surface area contributed by atoms with E-state index in [9.17, 15) is 9.59 Å². The van der Waals surface area contributed by atoms with Crippen molar-refractivity contribution >= 4 is 23.4 Å². The maximum atomic E-state index is 12.2. The number of ether oxygens (including phenoxy) is 3. The van der Waals surface area contributed by atoms with Gasteiger partial charge in [-0.3, -0.25) is 0 Å². The summed E-state index contributed by atoms with van der Waals surface area (Å²) >= 11 is 1.32. The van der Waals surface area contributed by atoms with Crippen molar-refractivity contribution in [1.82, 2.24) is 4.90 Å². The summed E-state index contributed by atoms with van der Waals surface area (Å²) in [6.07, 6.45) is 0.293. The van der Waals surface area contributed by atoms with Crippen LogP contribution in [0.5, 0.6) is 5.75 Å². The van der Waals surface area contributed by atoms with Crippen LogP contribution in [0.3, 0.4) is 0 Å². The summed E-state index contributed by atoms with van der Waals surface area (Å²) in [5.74, 6) is 0.194. The Morgan fingerprint density at radius 1 is 1.24 bits per heavy atom. The molecule has 0 fully saturated rings. The molecule has 25 heavy (non-hydrogen) atoms. The highest BCUT2D eigenvalue weighted by molar-refractivity contribution is 7.14. The first kappa shape index (κ1) is 21.3. The van der Waals surface area contributed by atoms with Gasteiger partial charge in [0.2, 0.25) is 0 Å². The molecule has 0 radical (unpaired) electrons. The van der Waals surface area contributed by atoms with Crippen LogP contribution in [0.15, 0.2) is 0 Å². The van der Waals surface area contributed by atoms with Crippen molar-refractivity contribution in [3.8, 4) is 5.75 Å². The van der Waals surface area contributed by atoms with Crippen molar-refractivity contribution in [3.05, 3.63) is 15.3 Å². The fourth-order valence-corrected chi connectivity index (χ4v) is 3.63. The Morgan fingerprint density at radius 3 is 2.40 bits per heavy atom. The molecule has 1 aliphatic heterocycles. The highest BCUT2D eigenvalue weighted by Gasteiger charge is 2.32. The van der Waals surface area contributed by atoms with E-state index in [0.29, 0.717) is 36.7 Å². The average molecular weight is 371 g/mol. The van der Waals surface area contributed by atoms with Crippen molar-refractivity contribution in [2.24, 2.45) is 0 Å². The zero-order valence-electron chi connectivity index (χ0n) is 16.2. The number of hydrogen-bond acceptors (Lipinski definition) is 6. The maximum Gasteiger partial charge on any atom is 0.410 e. The number of methoxy groups -OCH3 is 1. The van der Waals surface area contributed by atoms with Crippen molar-refractivity contribution in [2.45, 2.75) is 60.1 Å². The van der Waals surface area contributed by atoms with Crippen LogP contribution in [0.1, 0.15) is 61.7 Å². The fraction of sp³-hybridized carbons (Fsp3) is 0.667. The topological polar surface area (TPSA) is 65.1 Å². The van der Waals surface area contributed by atoms with Crippen LogP contribution in [-0.4, -0.2) is 42.8 Å².